The lowest BCUT2D eigenvalue weighted by molar-refractivity contribution is 0.490. The zero-order valence-electron chi connectivity index (χ0n) is 19.0. The van der Waals surface area contributed by atoms with Crippen LogP contribution in [0.15, 0.2) is 60.9 Å². The van der Waals surface area contributed by atoms with Gasteiger partial charge in [-0.15, -0.1) is 0 Å². The minimum Gasteiger partial charge on any atom is -0.365 e. The number of nitrogens with one attached hydrogen (secondary N) is 1. The van der Waals surface area contributed by atoms with E-state index < -0.39 is 21.8 Å². The summed E-state index contributed by atoms with van der Waals surface area (Å²) in [6.07, 6.45) is 4.12. The Hall–Kier alpha value is -3.50. The molecule has 10 heteroatoms. The first-order valence-electron chi connectivity index (χ1n) is 10.2. The summed E-state index contributed by atoms with van der Waals surface area (Å²) in [6, 6.07) is 12.7. The highest BCUT2D eigenvalue weighted by molar-refractivity contribution is 7.85. The second-order valence-corrected chi connectivity index (χ2v) is 10.1. The van der Waals surface area contributed by atoms with Crippen LogP contribution < -0.4 is 5.32 Å². The van der Waals surface area contributed by atoms with Crippen molar-refractivity contribution in [2.45, 2.75) is 26.3 Å². The molecule has 0 saturated heterocycles. The van der Waals surface area contributed by atoms with Gasteiger partial charge in [-0.1, -0.05) is 6.07 Å². The minimum atomic E-state index is -3.67. The first kappa shape index (κ1) is 25.1. The van der Waals surface area contributed by atoms with Crippen LogP contribution in [0.5, 0.6) is 0 Å². The van der Waals surface area contributed by atoms with E-state index in [-0.39, 0.29) is 5.54 Å². The molecule has 0 saturated carbocycles. The molecule has 0 aliphatic carbocycles. The molecule has 4 aromatic rings. The summed E-state index contributed by atoms with van der Waals surface area (Å²) in [5.74, 6) is -0.0158. The van der Waals surface area contributed by atoms with Gasteiger partial charge in [-0.3, -0.25) is 9.54 Å². The van der Waals surface area contributed by atoms with Gasteiger partial charge in [-0.05, 0) is 62.7 Å². The third kappa shape index (κ3) is 7.00. The molecule has 0 radical (unpaired) electrons. The Morgan fingerprint density at radius 2 is 1.68 bits per heavy atom. The average Bonchev–Trinajstić information content (AvgIpc) is 2.72. The second kappa shape index (κ2) is 9.78. The maximum absolute atomic E-state index is 14.3. The van der Waals surface area contributed by atoms with E-state index in [0.717, 1.165) is 22.5 Å². The van der Waals surface area contributed by atoms with Gasteiger partial charge in [0.15, 0.2) is 5.82 Å². The molecule has 7 nitrogen and oxygen atoms in total. The number of fused-ring (bicyclic) bond motifs is 1. The molecule has 0 atom stereocenters. The molecule has 4 rings (SSSR count). The third-order valence-corrected chi connectivity index (χ3v) is 4.35. The van der Waals surface area contributed by atoms with Gasteiger partial charge in [-0.2, -0.15) is 8.42 Å². The van der Waals surface area contributed by atoms with E-state index in [9.17, 15) is 17.2 Å². The number of rotatable bonds is 3. The topological polar surface area (TPSA) is 105 Å². The Kier molecular flexibility index (Phi) is 7.23. The molecule has 0 spiro atoms. The van der Waals surface area contributed by atoms with E-state index in [4.69, 9.17) is 9.54 Å². The van der Waals surface area contributed by atoms with E-state index >= 15 is 0 Å². The van der Waals surface area contributed by atoms with Crippen molar-refractivity contribution in [3.05, 3.63) is 72.6 Å². The van der Waals surface area contributed by atoms with Crippen molar-refractivity contribution in [2.75, 3.05) is 11.6 Å². The highest BCUT2D eigenvalue weighted by Crippen LogP contribution is 2.32. The second-order valence-electron chi connectivity index (χ2n) is 8.60. The predicted molar refractivity (Wildman–Crippen MR) is 129 cm³/mol. The fraction of sp³-hybridized carbons (Fsp3) is 0.208. The molecule has 0 aliphatic heterocycles. The molecule has 2 N–H and O–H groups in total. The molecular weight excluding hydrogens is 462 g/mol. The fourth-order valence-electron chi connectivity index (χ4n) is 3.09. The number of aromatic nitrogens is 3. The highest BCUT2D eigenvalue weighted by atomic mass is 32.2. The maximum atomic E-state index is 14.3. The van der Waals surface area contributed by atoms with Crippen molar-refractivity contribution in [3.8, 4) is 22.5 Å². The highest BCUT2D eigenvalue weighted by Gasteiger charge is 2.17. The number of nitrogens with zero attached hydrogens (tertiary/aromatic N) is 3. The lowest BCUT2D eigenvalue weighted by Crippen LogP contribution is -2.27. The summed E-state index contributed by atoms with van der Waals surface area (Å²) in [5, 5.41) is 4.17. The normalized spacial score (nSPS) is 11.6. The molecule has 0 aliphatic rings. The van der Waals surface area contributed by atoms with Crippen LogP contribution in [-0.2, 0) is 10.1 Å². The molecule has 0 bridgehead atoms. The van der Waals surface area contributed by atoms with E-state index in [2.05, 4.69) is 15.3 Å². The maximum Gasteiger partial charge on any atom is 0.261 e. The zero-order chi connectivity index (χ0) is 25.1. The first-order valence-corrected chi connectivity index (χ1v) is 12.0. The van der Waals surface area contributed by atoms with Crippen LogP contribution in [-0.4, -0.2) is 39.7 Å². The molecule has 2 heterocycles. The van der Waals surface area contributed by atoms with Gasteiger partial charge < -0.3 is 5.32 Å². The number of pyridine rings is 1. The fourth-order valence-corrected chi connectivity index (χ4v) is 3.09. The SMILES string of the molecule is CC(C)(C)Nc1nc(-c2cccnc2)nc2ccc(-c3ccc(F)cc3F)cc12.CS(=O)(=O)O. The van der Waals surface area contributed by atoms with E-state index in [1.807, 2.05) is 45.0 Å². The Morgan fingerprint density at radius 1 is 0.971 bits per heavy atom. The quantitative estimate of drug-likeness (QED) is 0.376. The number of benzene rings is 2. The standard InChI is InChI=1S/C23H20F2N4.CH4O3S/c1-23(2,3)29-22-18-11-14(17-8-7-16(24)12-19(17)25)6-9-20(18)27-21(28-22)15-5-4-10-26-13-15;1-5(2,3)4/h4-13H,1-3H3,(H,27,28,29);1H3,(H,2,3,4). The van der Waals surface area contributed by atoms with Crippen molar-refractivity contribution in [1.82, 2.24) is 15.0 Å². The molecule has 178 valence electrons. The first-order chi connectivity index (χ1) is 15.8. The van der Waals surface area contributed by atoms with E-state index in [0.29, 0.717) is 29.0 Å². The van der Waals surface area contributed by atoms with Crippen molar-refractivity contribution >= 4 is 26.8 Å². The van der Waals surface area contributed by atoms with Crippen molar-refractivity contribution < 1.29 is 21.8 Å². The molecular formula is C24H24F2N4O3S. The summed E-state index contributed by atoms with van der Waals surface area (Å²) >= 11 is 0. The smallest absolute Gasteiger partial charge is 0.261 e. The molecule has 0 unspecified atom stereocenters. The van der Waals surface area contributed by atoms with Crippen LogP contribution in [0.3, 0.4) is 0 Å². The molecule has 34 heavy (non-hydrogen) atoms. The Balaban J connectivity index is 0.000000588. The average molecular weight is 487 g/mol. The number of halogens is 2. The van der Waals surface area contributed by atoms with Crippen LogP contribution in [0.4, 0.5) is 14.6 Å². The minimum absolute atomic E-state index is 0.245. The monoisotopic (exact) mass is 486 g/mol. The number of hydrogen-bond acceptors (Lipinski definition) is 6. The van der Waals surface area contributed by atoms with Crippen LogP contribution >= 0.6 is 0 Å². The number of anilines is 1. The molecule has 2 aromatic heterocycles. The molecule has 2 aromatic carbocycles. The Morgan fingerprint density at radius 3 is 2.26 bits per heavy atom. The Labute approximate surface area is 196 Å². The summed E-state index contributed by atoms with van der Waals surface area (Å²) < 4.78 is 53.5. The largest absolute Gasteiger partial charge is 0.365 e. The van der Waals surface area contributed by atoms with Crippen molar-refractivity contribution in [3.63, 3.8) is 0 Å². The predicted octanol–water partition coefficient (Wildman–Crippen LogP) is 5.35. The van der Waals surface area contributed by atoms with Gasteiger partial charge in [0.25, 0.3) is 10.1 Å². The van der Waals surface area contributed by atoms with Crippen LogP contribution in [0.1, 0.15) is 20.8 Å². The van der Waals surface area contributed by atoms with Crippen molar-refractivity contribution in [2.24, 2.45) is 0 Å². The van der Waals surface area contributed by atoms with Crippen LogP contribution in [0.2, 0.25) is 0 Å². The van der Waals surface area contributed by atoms with Crippen LogP contribution in [0.25, 0.3) is 33.4 Å². The zero-order valence-corrected chi connectivity index (χ0v) is 19.9. The molecule has 0 amide bonds. The summed E-state index contributed by atoms with van der Waals surface area (Å²) in [6.45, 7) is 6.11. The van der Waals surface area contributed by atoms with E-state index in [1.165, 1.54) is 12.1 Å². The lowest BCUT2D eigenvalue weighted by atomic mass is 10.0. The van der Waals surface area contributed by atoms with Gasteiger partial charge in [-0.25, -0.2) is 18.7 Å². The van der Waals surface area contributed by atoms with E-state index in [1.54, 1.807) is 18.5 Å². The third-order valence-electron chi connectivity index (χ3n) is 4.35. The van der Waals surface area contributed by atoms with Gasteiger partial charge in [0, 0.05) is 40.5 Å². The summed E-state index contributed by atoms with van der Waals surface area (Å²) in [4.78, 5) is 13.5. The van der Waals surface area contributed by atoms with Crippen LogP contribution in [0, 0.1) is 11.6 Å². The molecule has 0 fully saturated rings. The summed E-state index contributed by atoms with van der Waals surface area (Å²) in [5.41, 5.74) is 2.23. The summed E-state index contributed by atoms with van der Waals surface area (Å²) in [7, 11) is -3.67. The van der Waals surface area contributed by atoms with Crippen molar-refractivity contribution in [1.29, 1.82) is 0 Å². The Bertz CT molecular complexity index is 1420. The number of hydrogen-bond donors (Lipinski definition) is 2. The van der Waals surface area contributed by atoms with Gasteiger partial charge >= 0.3 is 0 Å². The lowest BCUT2D eigenvalue weighted by Gasteiger charge is -2.23. The van der Waals surface area contributed by atoms with Gasteiger partial charge in [0.05, 0.1) is 11.8 Å². The van der Waals surface area contributed by atoms with Gasteiger partial charge in [0.1, 0.15) is 17.5 Å². The van der Waals surface area contributed by atoms with Gasteiger partial charge in [0.2, 0.25) is 0 Å².